The second-order valence-corrected chi connectivity index (χ2v) is 6.73. The number of hydrogen-bond donors (Lipinski definition) is 1. The smallest absolute Gasteiger partial charge is 0.241 e. The Labute approximate surface area is 126 Å². The van der Waals surface area contributed by atoms with Gasteiger partial charge >= 0.3 is 0 Å². The third-order valence-electron chi connectivity index (χ3n) is 3.91. The minimum Gasteiger partial charge on any atom is -0.325 e. The highest BCUT2D eigenvalue weighted by molar-refractivity contribution is 7.99. The van der Waals surface area contributed by atoms with Crippen LogP contribution < -0.4 is 5.32 Å². The van der Waals surface area contributed by atoms with Gasteiger partial charge in [-0.1, -0.05) is 37.3 Å². The van der Waals surface area contributed by atoms with E-state index < -0.39 is 0 Å². The summed E-state index contributed by atoms with van der Waals surface area (Å²) in [6, 6.07) is 10.3. The average molecular weight is 292 g/mol. The number of carbonyl (C=O) groups excluding carboxylic acids is 1. The monoisotopic (exact) mass is 292 g/mol. The third-order valence-corrected chi connectivity index (χ3v) is 4.87. The lowest BCUT2D eigenvalue weighted by molar-refractivity contribution is -0.129. The van der Waals surface area contributed by atoms with Crippen molar-refractivity contribution in [2.45, 2.75) is 44.1 Å². The van der Waals surface area contributed by atoms with Crippen molar-refractivity contribution < 1.29 is 4.79 Å². The Bertz CT molecular complexity index is 437. The Morgan fingerprint density at radius 3 is 2.70 bits per heavy atom. The van der Waals surface area contributed by atoms with Crippen molar-refractivity contribution in [2.24, 2.45) is 0 Å². The lowest BCUT2D eigenvalue weighted by Crippen LogP contribution is -2.38. The fraction of sp³-hybridized carbons (Fsp3) is 0.562. The molecule has 1 saturated heterocycles. The first-order valence-electron chi connectivity index (χ1n) is 7.25. The topological polar surface area (TPSA) is 32.3 Å². The van der Waals surface area contributed by atoms with Gasteiger partial charge in [0.2, 0.25) is 5.91 Å². The molecule has 110 valence electrons. The number of thioether (sulfide) groups is 1. The van der Waals surface area contributed by atoms with Crippen LogP contribution in [0.4, 0.5) is 0 Å². The highest BCUT2D eigenvalue weighted by Gasteiger charge is 2.36. The Hall–Kier alpha value is -1.00. The molecular weight excluding hydrogens is 268 g/mol. The van der Waals surface area contributed by atoms with Crippen LogP contribution in [0.3, 0.4) is 0 Å². The molecule has 0 spiro atoms. The van der Waals surface area contributed by atoms with Gasteiger partial charge in [-0.05, 0) is 31.6 Å². The summed E-state index contributed by atoms with van der Waals surface area (Å²) < 4.78 is 0. The van der Waals surface area contributed by atoms with Gasteiger partial charge in [0.1, 0.15) is 0 Å². The molecule has 1 N–H and O–H groups in total. The van der Waals surface area contributed by atoms with E-state index in [9.17, 15) is 4.79 Å². The van der Waals surface area contributed by atoms with Crippen molar-refractivity contribution >= 4 is 17.7 Å². The first kappa shape index (κ1) is 15.4. The zero-order valence-electron chi connectivity index (χ0n) is 12.5. The lowest BCUT2D eigenvalue weighted by atomic mass is 10.1. The number of benzene rings is 1. The highest BCUT2D eigenvalue weighted by atomic mass is 32.2. The first-order valence-corrected chi connectivity index (χ1v) is 8.54. The zero-order chi connectivity index (χ0) is 14.5. The summed E-state index contributed by atoms with van der Waals surface area (Å²) in [7, 11) is 0. The van der Waals surface area contributed by atoms with E-state index in [-0.39, 0.29) is 18.1 Å². The van der Waals surface area contributed by atoms with E-state index in [1.807, 2.05) is 23.1 Å². The summed E-state index contributed by atoms with van der Waals surface area (Å²) in [5.74, 6) is 0.259. The number of carbonyl (C=O) groups is 1. The van der Waals surface area contributed by atoms with E-state index in [0.717, 1.165) is 19.4 Å². The SMILES string of the molecule is CSC(C)CN1C(=O)C(CCc2ccccc2)NC1C. The highest BCUT2D eigenvalue weighted by Crippen LogP contribution is 2.18. The van der Waals surface area contributed by atoms with Crippen molar-refractivity contribution in [3.8, 4) is 0 Å². The summed E-state index contributed by atoms with van der Waals surface area (Å²) in [6.07, 6.45) is 4.06. The van der Waals surface area contributed by atoms with E-state index in [1.165, 1.54) is 5.56 Å². The summed E-state index contributed by atoms with van der Waals surface area (Å²) in [6.45, 7) is 5.07. The molecule has 1 aliphatic rings. The Kier molecular flexibility index (Phi) is 5.49. The van der Waals surface area contributed by atoms with Gasteiger partial charge in [-0.2, -0.15) is 11.8 Å². The Morgan fingerprint density at radius 2 is 2.05 bits per heavy atom. The van der Waals surface area contributed by atoms with E-state index in [1.54, 1.807) is 11.8 Å². The molecule has 3 unspecified atom stereocenters. The Balaban J connectivity index is 1.89. The van der Waals surface area contributed by atoms with Gasteiger partial charge in [-0.25, -0.2) is 0 Å². The van der Waals surface area contributed by atoms with E-state index in [4.69, 9.17) is 0 Å². The second-order valence-electron chi connectivity index (χ2n) is 5.46. The molecule has 0 saturated carbocycles. The van der Waals surface area contributed by atoms with Gasteiger partial charge in [0, 0.05) is 11.8 Å². The van der Waals surface area contributed by atoms with Crippen LogP contribution in [0, 0.1) is 0 Å². The molecule has 3 nitrogen and oxygen atoms in total. The number of nitrogens with one attached hydrogen (secondary N) is 1. The predicted octanol–water partition coefficient (Wildman–Crippen LogP) is 2.52. The molecule has 0 radical (unpaired) electrons. The molecule has 1 aliphatic heterocycles. The molecular formula is C16H24N2OS. The molecule has 1 aromatic rings. The molecule has 4 heteroatoms. The largest absolute Gasteiger partial charge is 0.325 e. The fourth-order valence-electron chi connectivity index (χ4n) is 2.61. The van der Waals surface area contributed by atoms with Crippen molar-refractivity contribution in [3.05, 3.63) is 35.9 Å². The second kappa shape index (κ2) is 7.14. The number of rotatable bonds is 6. The zero-order valence-corrected chi connectivity index (χ0v) is 13.3. The molecule has 0 aromatic heterocycles. The standard InChI is InChI=1S/C16H24N2OS/c1-12(20-3)11-18-13(2)17-15(16(18)19)10-9-14-7-5-4-6-8-14/h4-8,12-13,15,17H,9-11H2,1-3H3. The van der Waals surface area contributed by atoms with Crippen LogP contribution >= 0.6 is 11.8 Å². The molecule has 2 rings (SSSR count). The predicted molar refractivity (Wildman–Crippen MR) is 85.8 cm³/mol. The van der Waals surface area contributed by atoms with Crippen molar-refractivity contribution in [1.29, 1.82) is 0 Å². The quantitative estimate of drug-likeness (QED) is 0.874. The number of amides is 1. The lowest BCUT2D eigenvalue weighted by Gasteiger charge is -2.23. The molecule has 1 amide bonds. The first-order chi connectivity index (χ1) is 9.61. The molecule has 1 fully saturated rings. The molecule has 1 aromatic carbocycles. The average Bonchev–Trinajstić information content (AvgIpc) is 2.73. The van der Waals surface area contributed by atoms with Crippen LogP contribution in [-0.2, 0) is 11.2 Å². The molecule has 3 atom stereocenters. The van der Waals surface area contributed by atoms with Gasteiger partial charge in [0.25, 0.3) is 0 Å². The third kappa shape index (κ3) is 3.76. The summed E-state index contributed by atoms with van der Waals surface area (Å²) >= 11 is 1.81. The van der Waals surface area contributed by atoms with Gasteiger partial charge in [-0.3, -0.25) is 10.1 Å². The number of hydrogen-bond acceptors (Lipinski definition) is 3. The molecule has 20 heavy (non-hydrogen) atoms. The molecule has 1 heterocycles. The van der Waals surface area contributed by atoms with Crippen LogP contribution in [-0.4, -0.2) is 41.1 Å². The maximum absolute atomic E-state index is 12.4. The normalized spacial score (nSPS) is 24.1. The van der Waals surface area contributed by atoms with E-state index in [0.29, 0.717) is 5.25 Å². The van der Waals surface area contributed by atoms with Gasteiger partial charge in [-0.15, -0.1) is 0 Å². The Morgan fingerprint density at radius 1 is 1.35 bits per heavy atom. The summed E-state index contributed by atoms with van der Waals surface area (Å²) in [5, 5.41) is 3.90. The number of aryl methyl sites for hydroxylation is 1. The minimum absolute atomic E-state index is 0.0285. The number of nitrogens with zero attached hydrogens (tertiary/aromatic N) is 1. The van der Waals surface area contributed by atoms with E-state index in [2.05, 4.69) is 37.6 Å². The van der Waals surface area contributed by atoms with E-state index >= 15 is 0 Å². The van der Waals surface area contributed by atoms with Gasteiger partial charge in [0.15, 0.2) is 0 Å². The maximum Gasteiger partial charge on any atom is 0.241 e. The van der Waals surface area contributed by atoms with Crippen LogP contribution in [0.2, 0.25) is 0 Å². The minimum atomic E-state index is -0.0285. The summed E-state index contributed by atoms with van der Waals surface area (Å²) in [4.78, 5) is 14.4. The molecule has 0 bridgehead atoms. The van der Waals surface area contributed by atoms with Crippen LogP contribution in [0.15, 0.2) is 30.3 Å². The summed E-state index contributed by atoms with van der Waals surface area (Å²) in [5.41, 5.74) is 1.30. The van der Waals surface area contributed by atoms with Crippen molar-refractivity contribution in [2.75, 3.05) is 12.8 Å². The van der Waals surface area contributed by atoms with Gasteiger partial charge < -0.3 is 4.90 Å². The fourth-order valence-corrected chi connectivity index (χ4v) is 2.92. The molecule has 0 aliphatic carbocycles. The van der Waals surface area contributed by atoms with Crippen molar-refractivity contribution in [3.63, 3.8) is 0 Å². The van der Waals surface area contributed by atoms with Gasteiger partial charge in [0.05, 0.1) is 12.2 Å². The van der Waals surface area contributed by atoms with Crippen LogP contribution in [0.5, 0.6) is 0 Å². The van der Waals surface area contributed by atoms with Crippen LogP contribution in [0.1, 0.15) is 25.8 Å². The van der Waals surface area contributed by atoms with Crippen LogP contribution in [0.25, 0.3) is 0 Å². The van der Waals surface area contributed by atoms with Crippen molar-refractivity contribution in [1.82, 2.24) is 10.2 Å². The maximum atomic E-state index is 12.4.